The molecule has 0 spiro atoms. The number of amides is 1. The van der Waals surface area contributed by atoms with Crippen molar-refractivity contribution in [2.75, 3.05) is 20.3 Å². The first-order valence-corrected chi connectivity index (χ1v) is 9.93. The van der Waals surface area contributed by atoms with Crippen LogP contribution in [0.2, 0.25) is 0 Å². The van der Waals surface area contributed by atoms with Crippen LogP contribution in [0.4, 0.5) is 0 Å². The molecule has 0 fully saturated rings. The summed E-state index contributed by atoms with van der Waals surface area (Å²) in [4.78, 5) is 26.9. The Balaban J connectivity index is 1.42. The third-order valence-electron chi connectivity index (χ3n) is 5.29. The lowest BCUT2D eigenvalue weighted by molar-refractivity contribution is -0.134. The highest BCUT2D eigenvalue weighted by molar-refractivity contribution is 5.78. The summed E-state index contributed by atoms with van der Waals surface area (Å²) in [5.74, 6) is 1.29. The number of hydrogen-bond acceptors (Lipinski definition) is 4. The summed E-state index contributed by atoms with van der Waals surface area (Å²) in [5, 5.41) is 0. The normalized spacial score (nSPS) is 12.9. The monoisotopic (exact) mass is 404 g/mol. The number of rotatable bonds is 6. The first kappa shape index (κ1) is 19.8. The number of fused-ring (bicyclic) bond motifs is 1. The first-order valence-electron chi connectivity index (χ1n) is 9.93. The van der Waals surface area contributed by atoms with Gasteiger partial charge in [-0.2, -0.15) is 0 Å². The van der Waals surface area contributed by atoms with Crippen molar-refractivity contribution in [3.63, 3.8) is 0 Å². The molecule has 1 aliphatic rings. The number of nitrogens with zero attached hydrogens (tertiary/aromatic N) is 2. The van der Waals surface area contributed by atoms with Crippen LogP contribution >= 0.6 is 0 Å². The molecular weight excluding hydrogens is 380 g/mol. The number of methoxy groups -OCH3 is 1. The van der Waals surface area contributed by atoms with Crippen LogP contribution in [0.3, 0.4) is 0 Å². The molecule has 3 aromatic rings. The summed E-state index contributed by atoms with van der Waals surface area (Å²) in [6.07, 6.45) is 2.56. The average molecular weight is 404 g/mol. The van der Waals surface area contributed by atoms with E-state index >= 15 is 0 Å². The van der Waals surface area contributed by atoms with E-state index in [0.717, 1.165) is 22.4 Å². The summed E-state index contributed by atoms with van der Waals surface area (Å²) in [7, 11) is 1.60. The van der Waals surface area contributed by atoms with Gasteiger partial charge in [-0.05, 0) is 47.4 Å². The van der Waals surface area contributed by atoms with E-state index in [1.165, 1.54) is 0 Å². The van der Waals surface area contributed by atoms with Gasteiger partial charge in [-0.15, -0.1) is 0 Å². The molecule has 2 heterocycles. The summed E-state index contributed by atoms with van der Waals surface area (Å²) in [6.45, 7) is 1.56. The standard InChI is InChI=1S/C24H24N2O4/c1-29-21-7-9-22(10-8-21)30-17-24(28)25-12-11-19-13-23(27)26(16-20(19)15-25)14-18-5-3-2-4-6-18/h2-10,13,16H,11-12,14-15,17H2,1H3. The zero-order valence-electron chi connectivity index (χ0n) is 16.9. The smallest absolute Gasteiger partial charge is 0.260 e. The second kappa shape index (κ2) is 8.86. The number of ether oxygens (including phenoxy) is 2. The van der Waals surface area contributed by atoms with Crippen molar-refractivity contribution in [1.29, 1.82) is 0 Å². The molecule has 0 N–H and O–H groups in total. The third-order valence-corrected chi connectivity index (χ3v) is 5.29. The van der Waals surface area contributed by atoms with E-state index in [1.807, 2.05) is 36.5 Å². The van der Waals surface area contributed by atoms with Crippen LogP contribution in [0.1, 0.15) is 16.7 Å². The second-order valence-electron chi connectivity index (χ2n) is 7.31. The fourth-order valence-corrected chi connectivity index (χ4v) is 3.60. The Morgan fingerprint density at radius 3 is 2.47 bits per heavy atom. The van der Waals surface area contributed by atoms with Gasteiger partial charge >= 0.3 is 0 Å². The van der Waals surface area contributed by atoms with Crippen LogP contribution in [0, 0.1) is 0 Å². The van der Waals surface area contributed by atoms with Gasteiger partial charge in [0, 0.05) is 25.4 Å². The van der Waals surface area contributed by atoms with Crippen LogP contribution in [0.15, 0.2) is 71.7 Å². The van der Waals surface area contributed by atoms with Gasteiger partial charge in [-0.25, -0.2) is 0 Å². The highest BCUT2D eigenvalue weighted by atomic mass is 16.5. The predicted octanol–water partition coefficient (Wildman–Crippen LogP) is 2.87. The quantitative estimate of drug-likeness (QED) is 0.634. The lowest BCUT2D eigenvalue weighted by Crippen LogP contribution is -2.40. The molecule has 2 aromatic carbocycles. The largest absolute Gasteiger partial charge is 0.497 e. The van der Waals surface area contributed by atoms with E-state index < -0.39 is 0 Å². The van der Waals surface area contributed by atoms with Crippen molar-refractivity contribution >= 4 is 5.91 Å². The van der Waals surface area contributed by atoms with Crippen LogP contribution in [0.5, 0.6) is 11.5 Å². The van der Waals surface area contributed by atoms with E-state index in [0.29, 0.717) is 31.8 Å². The number of carbonyl (C=O) groups excluding carboxylic acids is 1. The molecule has 0 saturated heterocycles. The van der Waals surface area contributed by atoms with Crippen molar-refractivity contribution in [2.24, 2.45) is 0 Å². The van der Waals surface area contributed by atoms with Crippen LogP contribution < -0.4 is 15.0 Å². The zero-order valence-corrected chi connectivity index (χ0v) is 16.9. The van der Waals surface area contributed by atoms with Gasteiger partial charge in [-0.3, -0.25) is 9.59 Å². The summed E-state index contributed by atoms with van der Waals surface area (Å²) >= 11 is 0. The van der Waals surface area contributed by atoms with Gasteiger partial charge in [0.2, 0.25) is 0 Å². The summed E-state index contributed by atoms with van der Waals surface area (Å²) < 4.78 is 12.5. The summed E-state index contributed by atoms with van der Waals surface area (Å²) in [5.41, 5.74) is 3.08. The van der Waals surface area contributed by atoms with Crippen molar-refractivity contribution in [2.45, 2.75) is 19.5 Å². The van der Waals surface area contributed by atoms with Gasteiger partial charge in [0.25, 0.3) is 11.5 Å². The molecule has 154 valence electrons. The molecule has 0 bridgehead atoms. The molecule has 1 aliphatic heterocycles. The zero-order chi connectivity index (χ0) is 20.9. The van der Waals surface area contributed by atoms with Crippen molar-refractivity contribution in [3.8, 4) is 11.5 Å². The molecule has 6 nitrogen and oxygen atoms in total. The summed E-state index contributed by atoms with van der Waals surface area (Å²) in [6, 6.07) is 18.7. The highest BCUT2D eigenvalue weighted by Crippen LogP contribution is 2.19. The molecule has 0 unspecified atom stereocenters. The van der Waals surface area contributed by atoms with E-state index in [9.17, 15) is 9.59 Å². The topological polar surface area (TPSA) is 60.8 Å². The molecule has 6 heteroatoms. The van der Waals surface area contributed by atoms with Crippen LogP contribution in [-0.2, 0) is 24.3 Å². The SMILES string of the molecule is COc1ccc(OCC(=O)N2CCc3cc(=O)n(Cc4ccccc4)cc3C2)cc1. The van der Waals surface area contributed by atoms with E-state index in [-0.39, 0.29) is 18.1 Å². The number of carbonyl (C=O) groups is 1. The molecule has 1 amide bonds. The highest BCUT2D eigenvalue weighted by Gasteiger charge is 2.22. The Bertz CT molecular complexity index is 1070. The number of hydrogen-bond donors (Lipinski definition) is 0. The number of pyridine rings is 1. The van der Waals surface area contributed by atoms with Crippen molar-refractivity contribution in [1.82, 2.24) is 9.47 Å². The minimum Gasteiger partial charge on any atom is -0.497 e. The van der Waals surface area contributed by atoms with Gasteiger partial charge < -0.3 is 18.9 Å². The Hall–Kier alpha value is -3.54. The molecule has 0 atom stereocenters. The van der Waals surface area contributed by atoms with E-state index in [2.05, 4.69) is 0 Å². The molecule has 0 aliphatic carbocycles. The molecular formula is C24H24N2O4. The first-order chi connectivity index (χ1) is 14.6. The number of benzene rings is 2. The third kappa shape index (κ3) is 4.54. The molecule has 0 radical (unpaired) electrons. The second-order valence-corrected chi connectivity index (χ2v) is 7.31. The van der Waals surface area contributed by atoms with Gasteiger partial charge in [0.15, 0.2) is 6.61 Å². The Morgan fingerprint density at radius 2 is 1.73 bits per heavy atom. The minimum absolute atomic E-state index is 0.0137. The predicted molar refractivity (Wildman–Crippen MR) is 114 cm³/mol. The average Bonchev–Trinajstić information content (AvgIpc) is 2.78. The lowest BCUT2D eigenvalue weighted by Gasteiger charge is -2.29. The molecule has 1 aromatic heterocycles. The van der Waals surface area contributed by atoms with Gasteiger partial charge in [0.05, 0.1) is 13.7 Å². The lowest BCUT2D eigenvalue weighted by atomic mass is 10.0. The van der Waals surface area contributed by atoms with E-state index in [4.69, 9.17) is 9.47 Å². The van der Waals surface area contributed by atoms with Crippen LogP contribution in [0.25, 0.3) is 0 Å². The Morgan fingerprint density at radius 1 is 1.00 bits per heavy atom. The molecule has 0 saturated carbocycles. The maximum absolute atomic E-state index is 12.7. The maximum atomic E-state index is 12.7. The molecule has 4 rings (SSSR count). The van der Waals surface area contributed by atoms with Gasteiger partial charge in [-0.1, -0.05) is 30.3 Å². The van der Waals surface area contributed by atoms with Crippen molar-refractivity contribution in [3.05, 3.63) is 93.9 Å². The fraction of sp³-hybridized carbons (Fsp3) is 0.250. The van der Waals surface area contributed by atoms with Crippen LogP contribution in [-0.4, -0.2) is 35.6 Å². The van der Waals surface area contributed by atoms with Gasteiger partial charge in [0.1, 0.15) is 11.5 Å². The number of aromatic nitrogens is 1. The fourth-order valence-electron chi connectivity index (χ4n) is 3.60. The van der Waals surface area contributed by atoms with E-state index in [1.54, 1.807) is 46.9 Å². The molecule has 30 heavy (non-hydrogen) atoms. The maximum Gasteiger partial charge on any atom is 0.260 e. The Kier molecular flexibility index (Phi) is 5.84. The minimum atomic E-state index is -0.0720. The Labute approximate surface area is 175 Å². The van der Waals surface area contributed by atoms with Crippen molar-refractivity contribution < 1.29 is 14.3 Å².